The molecule has 3 rings (SSSR count). The first-order valence-corrected chi connectivity index (χ1v) is 7.49. The molecule has 0 saturated carbocycles. The number of aliphatic hydroxyl groups excluding tert-OH is 1. The number of aliphatic hydroxyl groups is 1. The zero-order chi connectivity index (χ0) is 14.5. The molecule has 21 heavy (non-hydrogen) atoms. The molecule has 1 aromatic heterocycles. The lowest BCUT2D eigenvalue weighted by Crippen LogP contribution is -2.34. The zero-order valence-corrected chi connectivity index (χ0v) is 12.1. The van der Waals surface area contributed by atoms with E-state index < -0.39 is 0 Å². The highest BCUT2D eigenvalue weighted by Gasteiger charge is 2.25. The van der Waals surface area contributed by atoms with E-state index >= 15 is 0 Å². The summed E-state index contributed by atoms with van der Waals surface area (Å²) in [6.45, 7) is 3.70. The number of hydrogen-bond donors (Lipinski definition) is 2. The van der Waals surface area contributed by atoms with E-state index in [0.717, 1.165) is 31.0 Å². The number of aromatic nitrogens is 2. The van der Waals surface area contributed by atoms with Crippen LogP contribution in [0.4, 0.5) is 11.6 Å². The second-order valence-electron chi connectivity index (χ2n) is 5.38. The average Bonchev–Trinajstić information content (AvgIpc) is 3.03. The Kier molecular flexibility index (Phi) is 4.84. The van der Waals surface area contributed by atoms with Crippen molar-refractivity contribution in [1.29, 1.82) is 0 Å². The van der Waals surface area contributed by atoms with Crippen LogP contribution < -0.4 is 10.2 Å². The van der Waals surface area contributed by atoms with Crippen molar-refractivity contribution in [3.8, 4) is 0 Å². The van der Waals surface area contributed by atoms with E-state index in [1.807, 2.05) is 6.07 Å². The van der Waals surface area contributed by atoms with E-state index in [1.54, 1.807) is 6.33 Å². The van der Waals surface area contributed by atoms with Crippen LogP contribution in [0.15, 0.2) is 12.4 Å². The Morgan fingerprint density at radius 3 is 3.14 bits per heavy atom. The first-order valence-electron chi connectivity index (χ1n) is 7.49. The molecule has 0 amide bonds. The van der Waals surface area contributed by atoms with Gasteiger partial charge in [0.15, 0.2) is 0 Å². The molecule has 2 saturated heterocycles. The molecule has 0 spiro atoms. The topological polar surface area (TPSA) is 79.7 Å². The monoisotopic (exact) mass is 294 g/mol. The number of nitrogens with zero attached hydrogens (tertiary/aromatic N) is 3. The molecule has 2 aliphatic rings. The summed E-state index contributed by atoms with van der Waals surface area (Å²) in [4.78, 5) is 10.7. The Morgan fingerprint density at radius 1 is 1.38 bits per heavy atom. The summed E-state index contributed by atoms with van der Waals surface area (Å²) in [6, 6.07) is 2.10. The lowest BCUT2D eigenvalue weighted by Gasteiger charge is -2.25. The maximum absolute atomic E-state index is 9.41. The number of hydrogen-bond acceptors (Lipinski definition) is 7. The summed E-state index contributed by atoms with van der Waals surface area (Å²) in [5, 5.41) is 12.7. The van der Waals surface area contributed by atoms with Gasteiger partial charge in [0.05, 0.1) is 38.6 Å². The van der Waals surface area contributed by atoms with E-state index in [2.05, 4.69) is 20.2 Å². The summed E-state index contributed by atoms with van der Waals surface area (Å²) < 4.78 is 11.0. The van der Waals surface area contributed by atoms with Crippen molar-refractivity contribution in [2.24, 2.45) is 0 Å². The molecule has 7 heteroatoms. The molecule has 0 aliphatic carbocycles. The van der Waals surface area contributed by atoms with Crippen molar-refractivity contribution in [2.75, 3.05) is 49.7 Å². The van der Waals surface area contributed by atoms with Crippen molar-refractivity contribution < 1.29 is 14.6 Å². The second kappa shape index (κ2) is 7.02. The van der Waals surface area contributed by atoms with E-state index in [0.29, 0.717) is 26.4 Å². The van der Waals surface area contributed by atoms with Crippen LogP contribution in [-0.2, 0) is 9.47 Å². The van der Waals surface area contributed by atoms with E-state index in [4.69, 9.17) is 9.47 Å². The smallest absolute Gasteiger partial charge is 0.134 e. The fourth-order valence-electron chi connectivity index (χ4n) is 2.80. The van der Waals surface area contributed by atoms with Crippen LogP contribution in [0.2, 0.25) is 0 Å². The molecule has 0 radical (unpaired) electrons. The third-order valence-electron chi connectivity index (χ3n) is 3.93. The van der Waals surface area contributed by atoms with Gasteiger partial charge in [-0.05, 0) is 12.8 Å². The maximum Gasteiger partial charge on any atom is 0.134 e. The number of ether oxygens (including phenoxy) is 2. The molecule has 7 nitrogen and oxygen atoms in total. The Balaban J connectivity index is 1.60. The van der Waals surface area contributed by atoms with Gasteiger partial charge in [-0.15, -0.1) is 0 Å². The molecule has 2 N–H and O–H groups in total. The SMILES string of the molecule is OC[C@@H]1CCCN1c1cc(NC[C@H]2COCCO2)ncn1. The molecule has 0 bridgehead atoms. The Labute approximate surface area is 124 Å². The summed E-state index contributed by atoms with van der Waals surface area (Å²) in [5.41, 5.74) is 0. The van der Waals surface area contributed by atoms with Crippen molar-refractivity contribution >= 4 is 11.6 Å². The average molecular weight is 294 g/mol. The highest BCUT2D eigenvalue weighted by molar-refractivity contribution is 5.49. The first-order chi connectivity index (χ1) is 10.4. The van der Waals surface area contributed by atoms with Crippen LogP contribution in [0.3, 0.4) is 0 Å². The summed E-state index contributed by atoms with van der Waals surface area (Å²) in [6.07, 6.45) is 3.72. The summed E-state index contributed by atoms with van der Waals surface area (Å²) in [5.74, 6) is 1.64. The van der Waals surface area contributed by atoms with Crippen LogP contribution in [0.25, 0.3) is 0 Å². The molecule has 2 atom stereocenters. The molecule has 3 heterocycles. The van der Waals surface area contributed by atoms with Crippen molar-refractivity contribution in [3.63, 3.8) is 0 Å². The molecule has 1 aromatic rings. The van der Waals surface area contributed by atoms with Crippen LogP contribution >= 0.6 is 0 Å². The Hall–Kier alpha value is -1.44. The normalized spacial score (nSPS) is 26.0. The zero-order valence-electron chi connectivity index (χ0n) is 12.1. The third kappa shape index (κ3) is 3.61. The van der Waals surface area contributed by atoms with Gasteiger partial charge in [-0.1, -0.05) is 0 Å². The highest BCUT2D eigenvalue weighted by Crippen LogP contribution is 2.24. The van der Waals surface area contributed by atoms with Gasteiger partial charge < -0.3 is 24.8 Å². The minimum absolute atomic E-state index is 0.0640. The van der Waals surface area contributed by atoms with Gasteiger partial charge in [-0.3, -0.25) is 0 Å². The van der Waals surface area contributed by atoms with Crippen molar-refractivity contribution in [3.05, 3.63) is 12.4 Å². The van der Waals surface area contributed by atoms with Gasteiger partial charge in [-0.25, -0.2) is 9.97 Å². The second-order valence-corrected chi connectivity index (χ2v) is 5.38. The van der Waals surface area contributed by atoms with Gasteiger partial charge in [0.2, 0.25) is 0 Å². The molecule has 0 aromatic carbocycles. The molecular weight excluding hydrogens is 272 g/mol. The number of nitrogens with one attached hydrogen (secondary N) is 1. The van der Waals surface area contributed by atoms with Gasteiger partial charge in [0.25, 0.3) is 0 Å². The predicted molar refractivity (Wildman–Crippen MR) is 78.5 cm³/mol. The highest BCUT2D eigenvalue weighted by atomic mass is 16.6. The van der Waals surface area contributed by atoms with Crippen molar-refractivity contribution in [2.45, 2.75) is 25.0 Å². The fourth-order valence-corrected chi connectivity index (χ4v) is 2.80. The van der Waals surface area contributed by atoms with E-state index in [-0.39, 0.29) is 18.8 Å². The molecule has 0 unspecified atom stereocenters. The maximum atomic E-state index is 9.41. The molecule has 2 aliphatic heterocycles. The van der Waals surface area contributed by atoms with Crippen LogP contribution in [0.1, 0.15) is 12.8 Å². The minimum Gasteiger partial charge on any atom is -0.394 e. The fraction of sp³-hybridized carbons (Fsp3) is 0.714. The third-order valence-corrected chi connectivity index (χ3v) is 3.93. The molecular formula is C14H22N4O3. The summed E-state index contributed by atoms with van der Waals surface area (Å²) >= 11 is 0. The van der Waals surface area contributed by atoms with Crippen LogP contribution in [-0.4, -0.2) is 66.7 Å². The van der Waals surface area contributed by atoms with Gasteiger partial charge in [-0.2, -0.15) is 0 Å². The lowest BCUT2D eigenvalue weighted by atomic mass is 10.2. The number of anilines is 2. The van der Waals surface area contributed by atoms with Crippen LogP contribution in [0, 0.1) is 0 Å². The van der Waals surface area contributed by atoms with Gasteiger partial charge >= 0.3 is 0 Å². The minimum atomic E-state index is 0.0640. The standard InChI is InChI=1S/C14H22N4O3/c19-8-11-2-1-3-18(11)14-6-13(16-10-17-14)15-7-12-9-20-4-5-21-12/h6,10-12,19H,1-5,7-9H2,(H,15,16,17)/t11-,12-/m0/s1. The van der Waals surface area contributed by atoms with E-state index in [9.17, 15) is 5.11 Å². The molecule has 116 valence electrons. The summed E-state index contributed by atoms with van der Waals surface area (Å²) in [7, 11) is 0. The number of rotatable bonds is 5. The van der Waals surface area contributed by atoms with Crippen molar-refractivity contribution in [1.82, 2.24) is 9.97 Å². The van der Waals surface area contributed by atoms with Crippen LogP contribution in [0.5, 0.6) is 0 Å². The lowest BCUT2D eigenvalue weighted by molar-refractivity contribution is -0.0819. The predicted octanol–water partition coefficient (Wildman–Crippen LogP) is 0.265. The Bertz CT molecular complexity index is 454. The largest absolute Gasteiger partial charge is 0.394 e. The molecule has 2 fully saturated rings. The van der Waals surface area contributed by atoms with E-state index in [1.165, 1.54) is 0 Å². The van der Waals surface area contributed by atoms with Gasteiger partial charge in [0, 0.05) is 19.2 Å². The quantitative estimate of drug-likeness (QED) is 0.806. The Morgan fingerprint density at radius 2 is 2.33 bits per heavy atom. The van der Waals surface area contributed by atoms with Gasteiger partial charge in [0.1, 0.15) is 18.0 Å². The first kappa shape index (κ1) is 14.5.